The van der Waals surface area contributed by atoms with Gasteiger partial charge in [0.15, 0.2) is 0 Å². The number of benzene rings is 1. The van der Waals surface area contributed by atoms with Gasteiger partial charge in [0.2, 0.25) is 0 Å². The fraction of sp³-hybridized carbons (Fsp3) is 0.450. The number of likely N-dealkylation sites (tertiary alicyclic amines) is 1. The fourth-order valence-corrected chi connectivity index (χ4v) is 3.08. The molecule has 2 N–H and O–H groups in total. The third-order valence-corrected chi connectivity index (χ3v) is 4.72. The van der Waals surface area contributed by atoms with E-state index in [-0.39, 0.29) is 30.7 Å². The number of urea groups is 1. The van der Waals surface area contributed by atoms with Crippen molar-refractivity contribution >= 4 is 17.9 Å². The monoisotopic (exact) mass is 385 g/mol. The first-order valence-corrected chi connectivity index (χ1v) is 9.49. The third kappa shape index (κ3) is 5.03. The molecule has 28 heavy (non-hydrogen) atoms. The number of hydrogen-bond acceptors (Lipinski definition) is 4. The van der Waals surface area contributed by atoms with Crippen molar-refractivity contribution < 1.29 is 14.3 Å². The highest BCUT2D eigenvalue weighted by molar-refractivity contribution is 5.88. The molecule has 0 bridgehead atoms. The Labute approximate surface area is 164 Å². The molecule has 150 valence electrons. The van der Waals surface area contributed by atoms with Crippen LogP contribution in [0.1, 0.15) is 37.4 Å². The Balaban J connectivity index is 1.45. The van der Waals surface area contributed by atoms with Gasteiger partial charge >= 0.3 is 12.1 Å². The summed E-state index contributed by atoms with van der Waals surface area (Å²) in [5, 5.41) is 10.1. The fourth-order valence-electron chi connectivity index (χ4n) is 3.08. The second-order valence-electron chi connectivity index (χ2n) is 7.30. The van der Waals surface area contributed by atoms with Crippen molar-refractivity contribution in [1.82, 2.24) is 20.0 Å². The number of hydrogen-bond donors (Lipinski definition) is 2. The van der Waals surface area contributed by atoms with Crippen molar-refractivity contribution in [3.05, 3.63) is 47.7 Å². The Kier molecular flexibility index (Phi) is 6.18. The van der Waals surface area contributed by atoms with Crippen molar-refractivity contribution in [2.24, 2.45) is 7.05 Å². The highest BCUT2D eigenvalue weighted by Gasteiger charge is 2.28. The van der Waals surface area contributed by atoms with Crippen molar-refractivity contribution in [3.63, 3.8) is 0 Å². The van der Waals surface area contributed by atoms with Crippen molar-refractivity contribution in [1.29, 1.82) is 0 Å². The summed E-state index contributed by atoms with van der Waals surface area (Å²) in [5.41, 5.74) is 1.87. The van der Waals surface area contributed by atoms with Gasteiger partial charge in [-0.2, -0.15) is 5.10 Å². The average molecular weight is 385 g/mol. The van der Waals surface area contributed by atoms with Gasteiger partial charge in [-0.3, -0.25) is 10.00 Å². The molecular formula is C20H27N5O3. The first kappa shape index (κ1) is 19.7. The molecule has 1 atom stereocenters. The van der Waals surface area contributed by atoms with E-state index >= 15 is 0 Å². The lowest BCUT2D eigenvalue weighted by Gasteiger charge is -2.17. The number of nitrogens with one attached hydrogen (secondary N) is 2. The lowest BCUT2D eigenvalue weighted by Crippen LogP contribution is -2.41. The molecule has 1 aliphatic heterocycles. The van der Waals surface area contributed by atoms with Crippen LogP contribution < -0.4 is 10.6 Å². The van der Waals surface area contributed by atoms with Gasteiger partial charge in [0.05, 0.1) is 5.69 Å². The first-order chi connectivity index (χ1) is 13.4. The van der Waals surface area contributed by atoms with Gasteiger partial charge < -0.3 is 15.0 Å². The van der Waals surface area contributed by atoms with E-state index < -0.39 is 0 Å². The Hall–Kier alpha value is -3.03. The molecule has 0 radical (unpaired) electrons. The predicted molar refractivity (Wildman–Crippen MR) is 106 cm³/mol. The maximum atomic E-state index is 12.3. The van der Waals surface area contributed by atoms with Crippen LogP contribution in [0.5, 0.6) is 0 Å². The van der Waals surface area contributed by atoms with E-state index in [4.69, 9.17) is 4.74 Å². The quantitative estimate of drug-likeness (QED) is 0.828. The van der Waals surface area contributed by atoms with Gasteiger partial charge in [0.1, 0.15) is 12.4 Å². The van der Waals surface area contributed by atoms with Gasteiger partial charge in [-0.15, -0.1) is 0 Å². The Bertz CT molecular complexity index is 819. The highest BCUT2D eigenvalue weighted by atomic mass is 16.6. The van der Waals surface area contributed by atoms with E-state index in [1.807, 2.05) is 36.4 Å². The Morgan fingerprint density at radius 2 is 2.04 bits per heavy atom. The smallest absolute Gasteiger partial charge is 0.410 e. The number of carbonyl (C=O) groups is 2. The molecule has 1 saturated heterocycles. The number of carbonyl (C=O) groups excluding carboxylic acids is 2. The van der Waals surface area contributed by atoms with Crippen LogP contribution in [-0.2, 0) is 18.4 Å². The SMILES string of the molecule is CC(C)c1cc(NC(=O)NC2CCN(C(=O)OCc3ccccc3)C2)n(C)n1. The molecule has 1 aromatic heterocycles. The largest absolute Gasteiger partial charge is 0.445 e. The summed E-state index contributed by atoms with van der Waals surface area (Å²) in [5.74, 6) is 0.924. The predicted octanol–water partition coefficient (Wildman–Crippen LogP) is 3.08. The molecule has 3 rings (SSSR count). The number of amides is 3. The topological polar surface area (TPSA) is 88.5 Å². The molecule has 8 nitrogen and oxygen atoms in total. The number of aryl methyl sites for hydroxylation is 1. The second kappa shape index (κ2) is 8.77. The maximum absolute atomic E-state index is 12.3. The molecular weight excluding hydrogens is 358 g/mol. The molecule has 1 fully saturated rings. The summed E-state index contributed by atoms with van der Waals surface area (Å²) >= 11 is 0. The molecule has 8 heteroatoms. The second-order valence-corrected chi connectivity index (χ2v) is 7.30. The van der Waals surface area contributed by atoms with Crippen LogP contribution in [0.2, 0.25) is 0 Å². The summed E-state index contributed by atoms with van der Waals surface area (Å²) < 4.78 is 7.00. The Morgan fingerprint density at radius 3 is 2.71 bits per heavy atom. The Morgan fingerprint density at radius 1 is 1.29 bits per heavy atom. The average Bonchev–Trinajstić information content (AvgIpc) is 3.28. The summed E-state index contributed by atoms with van der Waals surface area (Å²) in [6, 6.07) is 11.0. The van der Waals surface area contributed by atoms with Crippen molar-refractivity contribution in [2.45, 2.75) is 38.8 Å². The normalized spacial score (nSPS) is 16.3. The standard InChI is InChI=1S/C20H27N5O3/c1-14(2)17-11-18(24(3)23-17)22-19(26)21-16-9-10-25(12-16)20(27)28-13-15-7-5-4-6-8-15/h4-8,11,14,16H,9-10,12-13H2,1-3H3,(H2,21,22,26). The zero-order valence-corrected chi connectivity index (χ0v) is 16.5. The molecule has 2 aromatic rings. The molecule has 0 saturated carbocycles. The zero-order valence-electron chi connectivity index (χ0n) is 16.5. The van der Waals surface area contributed by atoms with E-state index in [0.29, 0.717) is 25.3 Å². The van der Waals surface area contributed by atoms with Crippen LogP contribution in [0.15, 0.2) is 36.4 Å². The van der Waals surface area contributed by atoms with Gasteiger partial charge in [-0.05, 0) is 17.9 Å². The number of anilines is 1. The van der Waals surface area contributed by atoms with Gasteiger partial charge in [-0.1, -0.05) is 44.2 Å². The molecule has 0 spiro atoms. The van der Waals surface area contributed by atoms with Gasteiger partial charge in [-0.25, -0.2) is 9.59 Å². The number of rotatable bonds is 5. The molecule has 0 aliphatic carbocycles. The minimum Gasteiger partial charge on any atom is -0.445 e. The van der Waals surface area contributed by atoms with E-state index in [9.17, 15) is 9.59 Å². The van der Waals surface area contributed by atoms with Crippen LogP contribution >= 0.6 is 0 Å². The van der Waals surface area contributed by atoms with E-state index in [1.54, 1.807) is 16.6 Å². The van der Waals surface area contributed by atoms with Crippen LogP contribution in [0.3, 0.4) is 0 Å². The van der Waals surface area contributed by atoms with Crippen LogP contribution in [-0.4, -0.2) is 45.9 Å². The summed E-state index contributed by atoms with van der Waals surface area (Å²) in [7, 11) is 1.79. The van der Waals surface area contributed by atoms with Crippen LogP contribution in [0, 0.1) is 0 Å². The van der Waals surface area contributed by atoms with Gasteiger partial charge in [0, 0.05) is 32.2 Å². The summed E-state index contributed by atoms with van der Waals surface area (Å²) in [6.07, 6.45) is 0.331. The minimum atomic E-state index is -0.359. The molecule has 1 aliphatic rings. The maximum Gasteiger partial charge on any atom is 0.410 e. The lowest BCUT2D eigenvalue weighted by molar-refractivity contribution is 0.103. The number of aromatic nitrogens is 2. The molecule has 2 heterocycles. The first-order valence-electron chi connectivity index (χ1n) is 9.49. The minimum absolute atomic E-state index is 0.109. The highest BCUT2D eigenvalue weighted by Crippen LogP contribution is 2.17. The summed E-state index contributed by atoms with van der Waals surface area (Å²) in [6.45, 7) is 5.34. The summed E-state index contributed by atoms with van der Waals surface area (Å²) in [4.78, 5) is 26.1. The lowest BCUT2D eigenvalue weighted by atomic mass is 10.1. The molecule has 1 aromatic carbocycles. The van der Waals surface area contributed by atoms with E-state index in [1.165, 1.54) is 0 Å². The van der Waals surface area contributed by atoms with E-state index in [2.05, 4.69) is 29.6 Å². The third-order valence-electron chi connectivity index (χ3n) is 4.72. The van der Waals surface area contributed by atoms with Crippen LogP contribution in [0.4, 0.5) is 15.4 Å². The number of nitrogens with zero attached hydrogens (tertiary/aromatic N) is 3. The number of ether oxygens (including phenoxy) is 1. The van der Waals surface area contributed by atoms with Crippen molar-refractivity contribution in [3.8, 4) is 0 Å². The van der Waals surface area contributed by atoms with E-state index in [0.717, 1.165) is 11.3 Å². The molecule has 1 unspecified atom stereocenters. The van der Waals surface area contributed by atoms with Crippen LogP contribution in [0.25, 0.3) is 0 Å². The van der Waals surface area contributed by atoms with Crippen molar-refractivity contribution in [2.75, 3.05) is 18.4 Å². The zero-order chi connectivity index (χ0) is 20.1. The molecule has 3 amide bonds. The van der Waals surface area contributed by atoms with Gasteiger partial charge in [0.25, 0.3) is 0 Å².